The van der Waals surface area contributed by atoms with Gasteiger partial charge in [0, 0.05) is 12.0 Å². The third-order valence-electron chi connectivity index (χ3n) is 4.28. The standard InChI is InChI=1S/C18H24N2O4S/c1-13(10-11-19)18-24-17-9-4-3-8-16(17)20(25(18,21)22)14-6-5-7-15(12-14)23-2/h3-9,12-13,18,21-22H,10-11,19H2,1-2H3. The summed E-state index contributed by atoms with van der Waals surface area (Å²) >= 11 is 0. The Hall–Kier alpha value is -1.93. The maximum Gasteiger partial charge on any atom is 0.209 e. The number of hydrogen-bond acceptors (Lipinski definition) is 6. The first kappa shape index (κ1) is 17.9. The quantitative estimate of drug-likeness (QED) is 0.737. The second kappa shape index (κ2) is 7.13. The summed E-state index contributed by atoms with van der Waals surface area (Å²) in [5, 5.41) is 0. The fourth-order valence-electron chi connectivity index (χ4n) is 3.02. The fraction of sp³-hybridized carbons (Fsp3) is 0.333. The van der Waals surface area contributed by atoms with Gasteiger partial charge in [0.05, 0.1) is 12.8 Å². The average molecular weight is 364 g/mol. The van der Waals surface area contributed by atoms with Crippen LogP contribution in [0.25, 0.3) is 0 Å². The third-order valence-corrected chi connectivity index (χ3v) is 6.41. The number of hydrogen-bond donors (Lipinski definition) is 3. The molecule has 0 aromatic heterocycles. The predicted molar refractivity (Wildman–Crippen MR) is 102 cm³/mol. The lowest BCUT2D eigenvalue weighted by molar-refractivity contribution is 0.189. The first-order chi connectivity index (χ1) is 12.0. The topological polar surface area (TPSA) is 88.2 Å². The molecule has 1 aliphatic heterocycles. The van der Waals surface area contributed by atoms with Crippen molar-refractivity contribution in [1.29, 1.82) is 0 Å². The third kappa shape index (κ3) is 3.28. The summed E-state index contributed by atoms with van der Waals surface area (Å²) in [4.78, 5) is 0. The van der Waals surface area contributed by atoms with Gasteiger partial charge in [0.25, 0.3) is 0 Å². The minimum atomic E-state index is -3.28. The molecule has 4 N–H and O–H groups in total. The lowest BCUT2D eigenvalue weighted by atomic mass is 10.1. The van der Waals surface area contributed by atoms with Crippen molar-refractivity contribution in [3.63, 3.8) is 0 Å². The maximum absolute atomic E-state index is 11.1. The number of methoxy groups -OCH3 is 1. The van der Waals surface area contributed by atoms with Crippen molar-refractivity contribution in [3.8, 4) is 11.5 Å². The highest BCUT2D eigenvalue weighted by molar-refractivity contribution is 8.26. The number of ether oxygens (including phenoxy) is 2. The van der Waals surface area contributed by atoms with Gasteiger partial charge in [0.2, 0.25) is 5.44 Å². The number of anilines is 2. The molecular weight excluding hydrogens is 340 g/mol. The molecule has 2 atom stereocenters. The highest BCUT2D eigenvalue weighted by atomic mass is 32.3. The normalized spacial score (nSPS) is 21.0. The fourth-order valence-corrected chi connectivity index (χ4v) is 5.08. The first-order valence-corrected chi connectivity index (χ1v) is 9.73. The maximum atomic E-state index is 11.1. The molecule has 0 amide bonds. The summed E-state index contributed by atoms with van der Waals surface area (Å²) in [6.07, 6.45) is 0.634. The molecule has 6 nitrogen and oxygen atoms in total. The van der Waals surface area contributed by atoms with Gasteiger partial charge in [-0.05, 0) is 37.2 Å². The van der Waals surface area contributed by atoms with Gasteiger partial charge in [-0.1, -0.05) is 35.9 Å². The molecule has 3 rings (SSSR count). The minimum Gasteiger partial charge on any atom is -0.497 e. The van der Waals surface area contributed by atoms with Crippen molar-refractivity contribution in [3.05, 3.63) is 48.5 Å². The van der Waals surface area contributed by atoms with E-state index in [1.54, 1.807) is 17.5 Å². The SMILES string of the molecule is COc1cccc(N2c3ccccc3OC(C(C)CCN)S2(O)O)c1. The molecule has 1 aliphatic rings. The molecule has 0 aliphatic carbocycles. The Balaban J connectivity index is 2.12. The van der Waals surface area contributed by atoms with Gasteiger partial charge in [0.15, 0.2) is 0 Å². The highest BCUT2D eigenvalue weighted by Crippen LogP contribution is 2.62. The lowest BCUT2D eigenvalue weighted by Gasteiger charge is -2.53. The van der Waals surface area contributed by atoms with Gasteiger partial charge in [-0.15, -0.1) is 0 Å². The van der Waals surface area contributed by atoms with Crippen LogP contribution in [0.1, 0.15) is 13.3 Å². The average Bonchev–Trinajstić information content (AvgIpc) is 2.60. The van der Waals surface area contributed by atoms with Crippen LogP contribution in [0.3, 0.4) is 0 Å². The van der Waals surface area contributed by atoms with E-state index in [0.717, 1.165) is 0 Å². The monoisotopic (exact) mass is 364 g/mol. The van der Waals surface area contributed by atoms with E-state index >= 15 is 0 Å². The van der Waals surface area contributed by atoms with Crippen molar-refractivity contribution < 1.29 is 18.6 Å². The number of fused-ring (bicyclic) bond motifs is 1. The van der Waals surface area contributed by atoms with E-state index in [9.17, 15) is 9.11 Å². The van der Waals surface area contributed by atoms with Crippen LogP contribution in [-0.4, -0.2) is 28.2 Å². The Morgan fingerprint density at radius 2 is 2.00 bits per heavy atom. The predicted octanol–water partition coefficient (Wildman–Crippen LogP) is 4.20. The van der Waals surface area contributed by atoms with Gasteiger partial charge >= 0.3 is 0 Å². The van der Waals surface area contributed by atoms with Crippen LogP contribution in [0, 0.1) is 5.92 Å². The van der Waals surface area contributed by atoms with Gasteiger partial charge in [-0.2, -0.15) is 0 Å². The van der Waals surface area contributed by atoms with Crippen molar-refractivity contribution in [2.45, 2.75) is 18.8 Å². The Kier molecular flexibility index (Phi) is 5.10. The number of nitrogens with two attached hydrogens (primary N) is 1. The van der Waals surface area contributed by atoms with E-state index < -0.39 is 16.2 Å². The first-order valence-electron chi connectivity index (χ1n) is 8.16. The van der Waals surface area contributed by atoms with Crippen LogP contribution in [-0.2, 0) is 0 Å². The summed E-state index contributed by atoms with van der Waals surface area (Å²) in [6, 6.07) is 14.6. The zero-order valence-corrected chi connectivity index (χ0v) is 15.1. The van der Waals surface area contributed by atoms with Gasteiger partial charge < -0.3 is 15.2 Å². The Bertz CT molecular complexity index is 741. The van der Waals surface area contributed by atoms with Gasteiger partial charge in [0.1, 0.15) is 17.2 Å². The summed E-state index contributed by atoms with van der Waals surface area (Å²) < 4.78 is 35.1. The Morgan fingerprint density at radius 3 is 2.72 bits per heavy atom. The molecule has 2 aromatic carbocycles. The van der Waals surface area contributed by atoms with E-state index in [1.165, 1.54) is 0 Å². The van der Waals surface area contributed by atoms with Crippen molar-refractivity contribution >= 4 is 22.2 Å². The van der Waals surface area contributed by atoms with Crippen LogP contribution in [0.2, 0.25) is 0 Å². The van der Waals surface area contributed by atoms with Crippen molar-refractivity contribution in [2.75, 3.05) is 18.0 Å². The number of nitrogens with zero attached hydrogens (tertiary/aromatic N) is 1. The molecule has 0 radical (unpaired) electrons. The molecule has 0 fully saturated rings. The zero-order valence-electron chi connectivity index (χ0n) is 14.3. The van der Waals surface area contributed by atoms with Crippen molar-refractivity contribution in [1.82, 2.24) is 0 Å². The number of rotatable bonds is 5. The van der Waals surface area contributed by atoms with Crippen LogP contribution >= 0.6 is 10.8 Å². The summed E-state index contributed by atoms with van der Waals surface area (Å²) in [6.45, 7) is 2.38. The largest absolute Gasteiger partial charge is 0.497 e. The lowest BCUT2D eigenvalue weighted by Crippen LogP contribution is -2.43. The van der Waals surface area contributed by atoms with Crippen LogP contribution in [0.15, 0.2) is 48.5 Å². The van der Waals surface area contributed by atoms with E-state index in [4.69, 9.17) is 15.2 Å². The zero-order chi connectivity index (χ0) is 18.0. The molecule has 2 aromatic rings. The molecular formula is C18H24N2O4S. The molecule has 0 spiro atoms. The van der Waals surface area contributed by atoms with E-state index in [0.29, 0.717) is 35.8 Å². The van der Waals surface area contributed by atoms with Gasteiger partial charge in [-0.3, -0.25) is 9.11 Å². The molecule has 7 heteroatoms. The summed E-state index contributed by atoms with van der Waals surface area (Å²) in [7, 11) is -1.70. The molecule has 25 heavy (non-hydrogen) atoms. The number of benzene rings is 2. The molecule has 0 saturated heterocycles. The molecule has 136 valence electrons. The second-order valence-electron chi connectivity index (χ2n) is 6.07. The molecule has 0 saturated carbocycles. The van der Waals surface area contributed by atoms with Crippen LogP contribution in [0.4, 0.5) is 11.4 Å². The number of para-hydroxylation sites is 2. The van der Waals surface area contributed by atoms with Crippen LogP contribution in [0.5, 0.6) is 11.5 Å². The summed E-state index contributed by atoms with van der Waals surface area (Å²) in [5.74, 6) is 1.14. The molecule has 0 bridgehead atoms. The second-order valence-corrected chi connectivity index (χ2v) is 8.02. The van der Waals surface area contributed by atoms with E-state index in [2.05, 4.69) is 0 Å². The van der Waals surface area contributed by atoms with E-state index in [1.807, 2.05) is 49.4 Å². The van der Waals surface area contributed by atoms with Gasteiger partial charge in [-0.25, -0.2) is 4.31 Å². The highest BCUT2D eigenvalue weighted by Gasteiger charge is 2.43. The van der Waals surface area contributed by atoms with E-state index in [-0.39, 0.29) is 5.92 Å². The Morgan fingerprint density at radius 1 is 1.24 bits per heavy atom. The summed E-state index contributed by atoms with van der Waals surface area (Å²) in [5.41, 5.74) is 6.15. The van der Waals surface area contributed by atoms with Crippen LogP contribution < -0.4 is 19.5 Å². The Labute approximate surface area is 149 Å². The van der Waals surface area contributed by atoms with Crippen molar-refractivity contribution in [2.24, 2.45) is 11.7 Å². The molecule has 1 heterocycles. The molecule has 2 unspecified atom stereocenters. The minimum absolute atomic E-state index is 0.114. The smallest absolute Gasteiger partial charge is 0.209 e.